The van der Waals surface area contributed by atoms with Crippen LogP contribution in [0.1, 0.15) is 0 Å². The van der Waals surface area contributed by atoms with E-state index in [4.69, 9.17) is 10.2 Å². The standard InChI is InChI=1S/C11H15N3O6S/c1-13(2)21(19,20)8-3-4-9(12-5-8)14(6-10(15)16)7-11(17)18/h3-5H,6-7H2,1-2H3,(H,15,16)(H,17,18). The van der Waals surface area contributed by atoms with Crippen LogP contribution in [0.2, 0.25) is 0 Å². The molecular weight excluding hydrogens is 302 g/mol. The summed E-state index contributed by atoms with van der Waals surface area (Å²) >= 11 is 0. The lowest BCUT2D eigenvalue weighted by Gasteiger charge is -2.19. The van der Waals surface area contributed by atoms with Gasteiger partial charge in [-0.25, -0.2) is 17.7 Å². The SMILES string of the molecule is CN(C)S(=O)(=O)c1ccc(N(CC(=O)O)CC(=O)O)nc1. The van der Waals surface area contributed by atoms with Gasteiger partial charge in [0, 0.05) is 20.3 Å². The Morgan fingerprint density at radius 1 is 1.14 bits per heavy atom. The Hall–Kier alpha value is -2.20. The summed E-state index contributed by atoms with van der Waals surface area (Å²) in [4.78, 5) is 26.2. The zero-order valence-corrected chi connectivity index (χ0v) is 12.2. The van der Waals surface area contributed by atoms with Crippen LogP contribution in [0.25, 0.3) is 0 Å². The largest absolute Gasteiger partial charge is 0.480 e. The van der Waals surface area contributed by atoms with Crippen LogP contribution in [-0.2, 0) is 19.6 Å². The van der Waals surface area contributed by atoms with E-state index in [1.165, 1.54) is 26.2 Å². The van der Waals surface area contributed by atoms with E-state index in [2.05, 4.69) is 4.98 Å². The van der Waals surface area contributed by atoms with E-state index in [1.54, 1.807) is 0 Å². The fourth-order valence-electron chi connectivity index (χ4n) is 1.47. The normalized spacial score (nSPS) is 11.4. The van der Waals surface area contributed by atoms with Crippen LogP contribution in [-0.4, -0.2) is 67.0 Å². The molecule has 0 aromatic carbocycles. The van der Waals surface area contributed by atoms with E-state index in [9.17, 15) is 18.0 Å². The fourth-order valence-corrected chi connectivity index (χ4v) is 2.31. The van der Waals surface area contributed by atoms with Crippen LogP contribution in [0.3, 0.4) is 0 Å². The van der Waals surface area contributed by atoms with Crippen LogP contribution >= 0.6 is 0 Å². The molecule has 0 unspecified atom stereocenters. The highest BCUT2D eigenvalue weighted by Gasteiger charge is 2.20. The van der Waals surface area contributed by atoms with Crippen molar-refractivity contribution in [2.45, 2.75) is 4.90 Å². The van der Waals surface area contributed by atoms with Gasteiger partial charge in [-0.2, -0.15) is 0 Å². The number of pyridine rings is 1. The number of carboxylic acids is 2. The minimum Gasteiger partial charge on any atom is -0.480 e. The predicted molar refractivity (Wildman–Crippen MR) is 72.6 cm³/mol. The third kappa shape index (κ3) is 4.39. The number of anilines is 1. The average molecular weight is 317 g/mol. The highest BCUT2D eigenvalue weighted by molar-refractivity contribution is 7.89. The number of aliphatic carboxylic acids is 2. The molecule has 0 amide bonds. The van der Waals surface area contributed by atoms with Crippen molar-refractivity contribution < 1.29 is 28.2 Å². The van der Waals surface area contributed by atoms with E-state index in [0.717, 1.165) is 15.4 Å². The topological polar surface area (TPSA) is 128 Å². The smallest absolute Gasteiger partial charge is 0.323 e. The molecule has 21 heavy (non-hydrogen) atoms. The van der Waals surface area contributed by atoms with E-state index in [0.29, 0.717) is 0 Å². The van der Waals surface area contributed by atoms with Crippen LogP contribution in [0.4, 0.5) is 5.82 Å². The third-order valence-corrected chi connectivity index (χ3v) is 4.27. The van der Waals surface area contributed by atoms with Gasteiger partial charge < -0.3 is 15.1 Å². The third-order valence-electron chi connectivity index (χ3n) is 2.48. The van der Waals surface area contributed by atoms with Gasteiger partial charge in [-0.05, 0) is 12.1 Å². The van der Waals surface area contributed by atoms with Crippen molar-refractivity contribution in [2.75, 3.05) is 32.1 Å². The highest BCUT2D eigenvalue weighted by atomic mass is 32.2. The van der Waals surface area contributed by atoms with Crippen LogP contribution in [0.5, 0.6) is 0 Å². The molecule has 0 radical (unpaired) electrons. The number of rotatable bonds is 7. The van der Waals surface area contributed by atoms with Crippen molar-refractivity contribution in [1.82, 2.24) is 9.29 Å². The first-order valence-electron chi connectivity index (χ1n) is 5.71. The first-order valence-corrected chi connectivity index (χ1v) is 7.15. The molecule has 2 N–H and O–H groups in total. The van der Waals surface area contributed by atoms with Crippen LogP contribution in [0, 0.1) is 0 Å². The Kier molecular flexibility index (Phi) is 5.22. The first-order chi connectivity index (χ1) is 9.64. The summed E-state index contributed by atoms with van der Waals surface area (Å²) in [6.07, 6.45) is 1.06. The molecule has 9 nitrogen and oxygen atoms in total. The number of nitrogens with zero attached hydrogens (tertiary/aromatic N) is 3. The van der Waals surface area contributed by atoms with Gasteiger partial charge in [0.2, 0.25) is 10.0 Å². The maximum atomic E-state index is 11.9. The summed E-state index contributed by atoms with van der Waals surface area (Å²) < 4.78 is 24.7. The van der Waals surface area contributed by atoms with E-state index in [1.807, 2.05) is 0 Å². The lowest BCUT2D eigenvalue weighted by Crippen LogP contribution is -2.35. The van der Waals surface area contributed by atoms with E-state index in [-0.39, 0.29) is 10.7 Å². The molecule has 0 fully saturated rings. The molecule has 0 aliphatic carbocycles. The second kappa shape index (κ2) is 6.50. The number of carbonyl (C=O) groups is 2. The number of aromatic nitrogens is 1. The van der Waals surface area contributed by atoms with Gasteiger partial charge in [0.15, 0.2) is 0 Å². The van der Waals surface area contributed by atoms with Gasteiger partial charge in [0.25, 0.3) is 0 Å². The van der Waals surface area contributed by atoms with E-state index >= 15 is 0 Å². The minimum atomic E-state index is -3.65. The molecule has 0 aliphatic rings. The molecule has 1 aromatic rings. The second-order valence-electron chi connectivity index (χ2n) is 4.28. The molecule has 10 heteroatoms. The van der Waals surface area contributed by atoms with Gasteiger partial charge in [-0.15, -0.1) is 0 Å². The molecule has 0 spiro atoms. The van der Waals surface area contributed by atoms with Crippen LogP contribution < -0.4 is 4.90 Å². The lowest BCUT2D eigenvalue weighted by atomic mass is 10.4. The van der Waals surface area contributed by atoms with Gasteiger partial charge >= 0.3 is 11.9 Å². The van der Waals surface area contributed by atoms with Crippen molar-refractivity contribution in [3.05, 3.63) is 18.3 Å². The first kappa shape index (κ1) is 16.9. The molecule has 1 rings (SSSR count). The Morgan fingerprint density at radius 3 is 2.00 bits per heavy atom. The molecule has 0 atom stereocenters. The van der Waals surface area contributed by atoms with Crippen molar-refractivity contribution in [3.63, 3.8) is 0 Å². The van der Waals surface area contributed by atoms with Crippen molar-refractivity contribution in [3.8, 4) is 0 Å². The summed E-state index contributed by atoms with van der Waals surface area (Å²) in [6, 6.07) is 2.51. The summed E-state index contributed by atoms with van der Waals surface area (Å²) in [7, 11) is -0.915. The summed E-state index contributed by atoms with van der Waals surface area (Å²) in [5.41, 5.74) is 0. The quantitative estimate of drug-likeness (QED) is 0.676. The Balaban J connectivity index is 3.08. The van der Waals surface area contributed by atoms with E-state index < -0.39 is 35.1 Å². The summed E-state index contributed by atoms with van der Waals surface area (Å²) in [5, 5.41) is 17.5. The molecule has 0 aliphatic heterocycles. The maximum Gasteiger partial charge on any atom is 0.323 e. The number of sulfonamides is 1. The van der Waals surface area contributed by atoms with Gasteiger partial charge in [0.05, 0.1) is 0 Å². The predicted octanol–water partition coefficient (Wildman–Crippen LogP) is -0.692. The molecule has 0 bridgehead atoms. The molecular formula is C11H15N3O6S. The summed E-state index contributed by atoms with van der Waals surface area (Å²) in [5.74, 6) is -2.37. The number of hydrogen-bond donors (Lipinski definition) is 2. The second-order valence-corrected chi connectivity index (χ2v) is 6.43. The zero-order valence-electron chi connectivity index (χ0n) is 11.4. The summed E-state index contributed by atoms with van der Waals surface area (Å²) in [6.45, 7) is -1.11. The number of carboxylic acid groups (broad SMARTS) is 2. The van der Waals surface area contributed by atoms with Crippen molar-refractivity contribution >= 4 is 27.8 Å². The molecule has 0 saturated heterocycles. The highest BCUT2D eigenvalue weighted by Crippen LogP contribution is 2.16. The van der Waals surface area contributed by atoms with Gasteiger partial charge in [-0.3, -0.25) is 9.59 Å². The maximum absolute atomic E-state index is 11.9. The monoisotopic (exact) mass is 317 g/mol. The van der Waals surface area contributed by atoms with Crippen molar-refractivity contribution in [2.24, 2.45) is 0 Å². The number of hydrogen-bond acceptors (Lipinski definition) is 6. The Morgan fingerprint density at radius 2 is 1.67 bits per heavy atom. The lowest BCUT2D eigenvalue weighted by molar-refractivity contribution is -0.136. The van der Waals surface area contributed by atoms with Gasteiger partial charge in [-0.1, -0.05) is 0 Å². The molecule has 1 heterocycles. The Bertz CT molecular complexity index is 610. The molecule has 0 saturated carbocycles. The Labute approximate surface area is 121 Å². The molecule has 116 valence electrons. The average Bonchev–Trinajstić information content (AvgIpc) is 2.36. The molecule has 1 aromatic heterocycles. The fraction of sp³-hybridized carbons (Fsp3) is 0.364. The minimum absolute atomic E-state index is 0.0671. The van der Waals surface area contributed by atoms with Crippen LogP contribution in [0.15, 0.2) is 23.2 Å². The van der Waals surface area contributed by atoms with Gasteiger partial charge in [0.1, 0.15) is 23.8 Å². The van der Waals surface area contributed by atoms with Crippen molar-refractivity contribution in [1.29, 1.82) is 0 Å². The zero-order chi connectivity index (χ0) is 16.2.